The van der Waals surface area contributed by atoms with Gasteiger partial charge in [0, 0.05) is 52.2 Å². The Labute approximate surface area is 382 Å². The lowest BCUT2D eigenvalue weighted by molar-refractivity contribution is 0.302. The third kappa shape index (κ3) is 6.06. The van der Waals surface area contributed by atoms with E-state index in [1.807, 2.05) is 0 Å². The number of nitrogens with zero attached hydrogens (tertiary/aromatic N) is 2. The molecule has 6 aromatic rings. The minimum Gasteiger partial charge on any atom is -0.333 e. The van der Waals surface area contributed by atoms with Crippen LogP contribution in [0.2, 0.25) is 0 Å². The zero-order valence-electron chi connectivity index (χ0n) is 36.6. The molecule has 7 aliphatic rings. The van der Waals surface area contributed by atoms with E-state index in [1.165, 1.54) is 78.1 Å². The molecule has 0 spiro atoms. The number of para-hydroxylation sites is 1. The van der Waals surface area contributed by atoms with Crippen LogP contribution >= 0.6 is 0 Å². The van der Waals surface area contributed by atoms with Crippen molar-refractivity contribution in [3.05, 3.63) is 259 Å². The number of rotatable bonds is 5. The van der Waals surface area contributed by atoms with E-state index in [0.717, 1.165) is 6.42 Å². The highest BCUT2D eigenvalue weighted by molar-refractivity contribution is 5.99. The van der Waals surface area contributed by atoms with Crippen molar-refractivity contribution < 1.29 is 0 Å². The Morgan fingerprint density at radius 3 is 2.12 bits per heavy atom. The number of anilines is 2. The van der Waals surface area contributed by atoms with Crippen LogP contribution in [-0.4, -0.2) is 18.1 Å². The Kier molecular flexibility index (Phi) is 8.96. The average molecular weight is 838 g/mol. The summed E-state index contributed by atoms with van der Waals surface area (Å²) in [5.41, 5.74) is 15.6. The van der Waals surface area contributed by atoms with Crippen LogP contribution in [0.5, 0.6) is 0 Å². The Morgan fingerprint density at radius 1 is 0.569 bits per heavy atom. The number of hydrogen-bond acceptors (Lipinski definition) is 3. The van der Waals surface area contributed by atoms with Crippen LogP contribution in [0.4, 0.5) is 11.4 Å². The third-order valence-electron chi connectivity index (χ3n) is 15.4. The second kappa shape index (κ2) is 15.2. The van der Waals surface area contributed by atoms with E-state index >= 15 is 0 Å². The van der Waals surface area contributed by atoms with Gasteiger partial charge in [0.15, 0.2) is 0 Å². The minimum atomic E-state index is -0.128. The van der Waals surface area contributed by atoms with E-state index in [9.17, 15) is 0 Å². The number of hydrogen-bond donors (Lipinski definition) is 1. The SMILES string of the molecule is CC12C=CC=CC1NC(C1C=CC(N3c4ccccc4C4=C(C5C=CC=CC5N4c4cccc(-c5cccc6ccccc56)c4)C4C=CC=CC43)=CC1)c1ccc(-c3ccccc3)cc12. The molecule has 8 unspecified atom stereocenters. The summed E-state index contributed by atoms with van der Waals surface area (Å²) in [6, 6.07) is 52.6. The predicted molar refractivity (Wildman–Crippen MR) is 271 cm³/mol. The van der Waals surface area contributed by atoms with Crippen LogP contribution in [0.15, 0.2) is 242 Å². The Hall–Kier alpha value is -7.20. The fourth-order valence-electron chi connectivity index (χ4n) is 12.3. The van der Waals surface area contributed by atoms with Crippen molar-refractivity contribution in [2.24, 2.45) is 17.8 Å². The van der Waals surface area contributed by atoms with Crippen LogP contribution in [0, 0.1) is 17.8 Å². The van der Waals surface area contributed by atoms with E-state index < -0.39 is 0 Å². The van der Waals surface area contributed by atoms with Crippen molar-refractivity contribution in [2.75, 3.05) is 9.80 Å². The number of nitrogens with one attached hydrogen (secondary N) is 1. The summed E-state index contributed by atoms with van der Waals surface area (Å²) in [7, 11) is 0. The van der Waals surface area contributed by atoms with Crippen molar-refractivity contribution in [1.82, 2.24) is 5.32 Å². The molecule has 13 rings (SSSR count). The molecule has 1 N–H and O–H groups in total. The highest BCUT2D eigenvalue weighted by atomic mass is 15.2. The van der Waals surface area contributed by atoms with Gasteiger partial charge in [-0.05, 0) is 86.5 Å². The molecule has 3 heteroatoms. The summed E-state index contributed by atoms with van der Waals surface area (Å²) in [4.78, 5) is 5.33. The molecule has 3 heterocycles. The standard InChI is InChI=1S/C62H51N3/c1-62-38-14-13-31-58(62)63-60(50-37-34-44(40-54(50)62)41-17-3-2-4-18-41)43-32-35-46(36-33-43)64-55-28-10-7-24-51(55)59-52-25-8-11-29-56(52)65(61(59)53-26-9-12-30-57(53)64)47-22-15-21-45(39-47)49-27-16-20-42-19-5-6-23-48(42)49/h2-32,34-40,43,51-52,55-56,58,60,63H,33H2,1H3. The van der Waals surface area contributed by atoms with Gasteiger partial charge in [-0.1, -0.05) is 207 Å². The lowest BCUT2D eigenvalue weighted by Gasteiger charge is -2.47. The maximum atomic E-state index is 4.17. The van der Waals surface area contributed by atoms with Gasteiger partial charge in [0.2, 0.25) is 0 Å². The van der Waals surface area contributed by atoms with E-state index in [2.05, 4.69) is 253 Å². The quantitative estimate of drug-likeness (QED) is 0.187. The number of fused-ring (bicyclic) bond motifs is 10. The molecule has 0 radical (unpaired) electrons. The van der Waals surface area contributed by atoms with Gasteiger partial charge in [-0.3, -0.25) is 0 Å². The highest BCUT2D eigenvalue weighted by Gasteiger charge is 2.49. The molecule has 6 aromatic carbocycles. The summed E-state index contributed by atoms with van der Waals surface area (Å²) in [6.45, 7) is 2.40. The fraction of sp³-hybridized carbons (Fsp3) is 0.161. The van der Waals surface area contributed by atoms with Crippen LogP contribution in [0.1, 0.15) is 36.1 Å². The first-order valence-electron chi connectivity index (χ1n) is 23.5. The summed E-state index contributed by atoms with van der Waals surface area (Å²) in [5, 5.41) is 6.71. The molecule has 0 fully saturated rings. The first-order valence-corrected chi connectivity index (χ1v) is 23.5. The van der Waals surface area contributed by atoms with Crippen LogP contribution in [0.25, 0.3) is 38.7 Å². The van der Waals surface area contributed by atoms with Gasteiger partial charge in [0.1, 0.15) is 0 Å². The third-order valence-corrected chi connectivity index (χ3v) is 15.4. The molecule has 3 nitrogen and oxygen atoms in total. The normalized spacial score (nSPS) is 27.7. The molecule has 0 aromatic heterocycles. The molecule has 0 bridgehead atoms. The van der Waals surface area contributed by atoms with Gasteiger partial charge in [0.25, 0.3) is 0 Å². The summed E-state index contributed by atoms with van der Waals surface area (Å²) in [6.07, 6.45) is 36.5. The zero-order chi connectivity index (χ0) is 43.1. The topological polar surface area (TPSA) is 18.5 Å². The predicted octanol–water partition coefficient (Wildman–Crippen LogP) is 14.0. The Balaban J connectivity index is 0.891. The lowest BCUT2D eigenvalue weighted by Crippen LogP contribution is -2.53. The molecule has 3 aliphatic heterocycles. The number of allylic oxidation sites excluding steroid dienone is 8. The summed E-state index contributed by atoms with van der Waals surface area (Å²) in [5.74, 6) is 0.720. The zero-order valence-corrected chi connectivity index (χ0v) is 36.6. The highest BCUT2D eigenvalue weighted by Crippen LogP contribution is 2.55. The number of benzene rings is 6. The van der Waals surface area contributed by atoms with Gasteiger partial charge in [-0.2, -0.15) is 0 Å². The summed E-state index contributed by atoms with van der Waals surface area (Å²) >= 11 is 0. The smallest absolute Gasteiger partial charge is 0.0626 e. The average Bonchev–Trinajstić information content (AvgIpc) is 3.65. The molecule has 8 atom stereocenters. The molecule has 65 heavy (non-hydrogen) atoms. The molecule has 0 saturated heterocycles. The van der Waals surface area contributed by atoms with Crippen molar-refractivity contribution in [3.8, 4) is 22.3 Å². The maximum Gasteiger partial charge on any atom is 0.0626 e. The van der Waals surface area contributed by atoms with Crippen molar-refractivity contribution in [1.29, 1.82) is 0 Å². The maximum absolute atomic E-state index is 4.17. The second-order valence-electron chi connectivity index (χ2n) is 18.9. The van der Waals surface area contributed by atoms with Crippen molar-refractivity contribution in [2.45, 2.75) is 42.9 Å². The molecule has 0 amide bonds. The van der Waals surface area contributed by atoms with Crippen LogP contribution < -0.4 is 15.1 Å². The van der Waals surface area contributed by atoms with E-state index in [1.54, 1.807) is 0 Å². The monoisotopic (exact) mass is 837 g/mol. The van der Waals surface area contributed by atoms with Gasteiger partial charge >= 0.3 is 0 Å². The lowest BCUT2D eigenvalue weighted by atomic mass is 9.66. The Bertz CT molecular complexity index is 3180. The van der Waals surface area contributed by atoms with Crippen LogP contribution in [0.3, 0.4) is 0 Å². The van der Waals surface area contributed by atoms with Gasteiger partial charge in [-0.15, -0.1) is 0 Å². The van der Waals surface area contributed by atoms with Gasteiger partial charge in [-0.25, -0.2) is 0 Å². The molecule has 4 aliphatic carbocycles. The molecule has 314 valence electrons. The largest absolute Gasteiger partial charge is 0.333 e. The van der Waals surface area contributed by atoms with E-state index in [-0.39, 0.29) is 41.4 Å². The van der Waals surface area contributed by atoms with Gasteiger partial charge in [0.05, 0.1) is 23.5 Å². The molecular weight excluding hydrogens is 787 g/mol. The van der Waals surface area contributed by atoms with Crippen molar-refractivity contribution in [3.63, 3.8) is 0 Å². The van der Waals surface area contributed by atoms with Crippen LogP contribution in [-0.2, 0) is 5.41 Å². The fourth-order valence-corrected chi connectivity index (χ4v) is 12.3. The van der Waals surface area contributed by atoms with Gasteiger partial charge < -0.3 is 15.1 Å². The summed E-state index contributed by atoms with van der Waals surface area (Å²) < 4.78 is 0. The minimum absolute atomic E-state index is 0.118. The molecular formula is C62H51N3. The Morgan fingerprint density at radius 2 is 1.28 bits per heavy atom. The first kappa shape index (κ1) is 38.3. The first-order chi connectivity index (χ1) is 32.1. The van der Waals surface area contributed by atoms with Crippen molar-refractivity contribution >= 4 is 27.8 Å². The molecule has 0 saturated carbocycles. The van der Waals surface area contributed by atoms with E-state index in [0.29, 0.717) is 5.92 Å². The van der Waals surface area contributed by atoms with E-state index in [4.69, 9.17) is 0 Å². The second-order valence-corrected chi connectivity index (χ2v) is 18.9.